The zero-order valence-corrected chi connectivity index (χ0v) is 24.8. The van der Waals surface area contributed by atoms with Gasteiger partial charge in [-0.15, -0.1) is 0 Å². The van der Waals surface area contributed by atoms with E-state index in [2.05, 4.69) is 193 Å². The number of rotatable bonds is 6. The number of para-hydroxylation sites is 1. The third-order valence-electron chi connectivity index (χ3n) is 8.65. The number of hydrogen-bond acceptors (Lipinski definition) is 1. The normalized spacial score (nSPS) is 11.1. The highest BCUT2D eigenvalue weighted by Gasteiger charge is 2.15. The van der Waals surface area contributed by atoms with Crippen molar-refractivity contribution in [2.75, 3.05) is 4.90 Å². The van der Waals surface area contributed by atoms with E-state index in [1.807, 2.05) is 0 Å². The second-order valence-corrected chi connectivity index (χ2v) is 11.4. The van der Waals surface area contributed by atoms with Crippen LogP contribution in [0.2, 0.25) is 0 Å². The van der Waals surface area contributed by atoms with Gasteiger partial charge in [0.1, 0.15) is 0 Å². The minimum absolute atomic E-state index is 1.12. The highest BCUT2D eigenvalue weighted by molar-refractivity contribution is 6.04. The molecule has 8 aromatic carbocycles. The minimum Gasteiger partial charge on any atom is -0.311 e. The second kappa shape index (κ2) is 11.6. The number of nitrogens with zero attached hydrogens (tertiary/aromatic N) is 1. The third kappa shape index (κ3) is 5.15. The van der Waals surface area contributed by atoms with Crippen molar-refractivity contribution >= 4 is 38.6 Å². The molecular weight excluding hydrogens is 542 g/mol. The van der Waals surface area contributed by atoms with Crippen molar-refractivity contribution in [2.24, 2.45) is 0 Å². The maximum absolute atomic E-state index is 2.35. The van der Waals surface area contributed by atoms with Gasteiger partial charge in [0.05, 0.1) is 0 Å². The standard InChI is InChI=1S/C44H31N/c1-3-12-32(13-4-1)33-22-26-39(27-23-33)45(38-18-5-2-6-19-38)40-28-24-35(25-29-40)43-30-36-15-7-8-16-37(36)31-44(43)42-21-11-17-34-14-9-10-20-41(34)42/h1-31H. The van der Waals surface area contributed by atoms with Crippen molar-refractivity contribution in [3.05, 3.63) is 188 Å². The minimum atomic E-state index is 1.12. The molecule has 0 amide bonds. The first-order chi connectivity index (χ1) is 22.3. The van der Waals surface area contributed by atoms with Crippen molar-refractivity contribution in [1.82, 2.24) is 0 Å². The van der Waals surface area contributed by atoms with E-state index in [0.29, 0.717) is 0 Å². The summed E-state index contributed by atoms with van der Waals surface area (Å²) in [6.07, 6.45) is 0. The van der Waals surface area contributed by atoms with E-state index in [1.165, 1.54) is 54.9 Å². The van der Waals surface area contributed by atoms with Crippen LogP contribution in [0.5, 0.6) is 0 Å². The van der Waals surface area contributed by atoms with E-state index in [-0.39, 0.29) is 0 Å². The molecule has 8 rings (SSSR count). The van der Waals surface area contributed by atoms with Crippen LogP contribution < -0.4 is 4.90 Å². The van der Waals surface area contributed by atoms with Gasteiger partial charge in [0, 0.05) is 17.1 Å². The summed E-state index contributed by atoms with van der Waals surface area (Å²) in [7, 11) is 0. The van der Waals surface area contributed by atoms with Crippen LogP contribution in [-0.4, -0.2) is 0 Å². The topological polar surface area (TPSA) is 3.24 Å². The Balaban J connectivity index is 1.24. The maximum Gasteiger partial charge on any atom is 0.0462 e. The lowest BCUT2D eigenvalue weighted by atomic mass is 9.89. The fraction of sp³-hybridized carbons (Fsp3) is 0. The fourth-order valence-corrected chi connectivity index (χ4v) is 6.41. The van der Waals surface area contributed by atoms with E-state index in [4.69, 9.17) is 0 Å². The van der Waals surface area contributed by atoms with Crippen LogP contribution in [0.15, 0.2) is 188 Å². The smallest absolute Gasteiger partial charge is 0.0462 e. The average molecular weight is 574 g/mol. The predicted octanol–water partition coefficient (Wildman–Crippen LogP) is 12.5. The highest BCUT2D eigenvalue weighted by atomic mass is 15.1. The van der Waals surface area contributed by atoms with Gasteiger partial charge in [0.25, 0.3) is 0 Å². The van der Waals surface area contributed by atoms with Crippen LogP contribution >= 0.6 is 0 Å². The number of fused-ring (bicyclic) bond motifs is 2. The van der Waals surface area contributed by atoms with E-state index < -0.39 is 0 Å². The van der Waals surface area contributed by atoms with Gasteiger partial charge >= 0.3 is 0 Å². The second-order valence-electron chi connectivity index (χ2n) is 11.4. The predicted molar refractivity (Wildman–Crippen MR) is 192 cm³/mol. The van der Waals surface area contributed by atoms with Crippen LogP contribution in [0.1, 0.15) is 0 Å². The summed E-state index contributed by atoms with van der Waals surface area (Å²) in [6.45, 7) is 0. The van der Waals surface area contributed by atoms with E-state index in [9.17, 15) is 0 Å². The van der Waals surface area contributed by atoms with E-state index >= 15 is 0 Å². The summed E-state index contributed by atoms with van der Waals surface area (Å²) < 4.78 is 0. The quantitative estimate of drug-likeness (QED) is 0.191. The molecule has 0 N–H and O–H groups in total. The summed E-state index contributed by atoms with van der Waals surface area (Å²) >= 11 is 0. The van der Waals surface area contributed by atoms with Crippen molar-refractivity contribution in [2.45, 2.75) is 0 Å². The van der Waals surface area contributed by atoms with Crippen LogP contribution in [0, 0.1) is 0 Å². The molecule has 212 valence electrons. The zero-order chi connectivity index (χ0) is 30.0. The summed E-state index contributed by atoms with van der Waals surface area (Å²) in [5, 5.41) is 5.00. The molecule has 0 heterocycles. The van der Waals surface area contributed by atoms with E-state index in [0.717, 1.165) is 17.1 Å². The Kier molecular flexibility index (Phi) is 6.90. The molecule has 0 spiro atoms. The Hall–Kier alpha value is -5.92. The molecule has 0 unspecified atom stereocenters. The van der Waals surface area contributed by atoms with Gasteiger partial charge in [-0.3, -0.25) is 0 Å². The Labute approximate surface area is 264 Å². The van der Waals surface area contributed by atoms with Crippen LogP contribution in [0.3, 0.4) is 0 Å². The van der Waals surface area contributed by atoms with Gasteiger partial charge in [0.15, 0.2) is 0 Å². The lowest BCUT2D eigenvalue weighted by Gasteiger charge is -2.26. The van der Waals surface area contributed by atoms with Crippen molar-refractivity contribution in [1.29, 1.82) is 0 Å². The summed E-state index contributed by atoms with van der Waals surface area (Å²) in [6, 6.07) is 67.6. The third-order valence-corrected chi connectivity index (χ3v) is 8.65. The molecule has 0 atom stereocenters. The molecule has 0 fully saturated rings. The van der Waals surface area contributed by atoms with Crippen molar-refractivity contribution in [3.63, 3.8) is 0 Å². The first-order valence-corrected chi connectivity index (χ1v) is 15.4. The SMILES string of the molecule is c1ccc(-c2ccc(N(c3ccccc3)c3ccc(-c4cc5ccccc5cc4-c4cccc5ccccc45)cc3)cc2)cc1. The average Bonchev–Trinajstić information content (AvgIpc) is 3.12. The van der Waals surface area contributed by atoms with Crippen molar-refractivity contribution in [3.8, 4) is 33.4 Å². The molecule has 0 aliphatic carbocycles. The van der Waals surface area contributed by atoms with E-state index in [1.54, 1.807) is 0 Å². The largest absolute Gasteiger partial charge is 0.311 e. The number of hydrogen-bond donors (Lipinski definition) is 0. The molecule has 0 aromatic heterocycles. The van der Waals surface area contributed by atoms with Crippen LogP contribution in [0.25, 0.3) is 54.9 Å². The van der Waals surface area contributed by atoms with Gasteiger partial charge in [-0.1, -0.05) is 140 Å². The highest BCUT2D eigenvalue weighted by Crippen LogP contribution is 2.41. The Morgan fingerprint density at radius 2 is 0.733 bits per heavy atom. The molecule has 0 bridgehead atoms. The number of benzene rings is 8. The lowest BCUT2D eigenvalue weighted by molar-refractivity contribution is 1.28. The van der Waals surface area contributed by atoms with Gasteiger partial charge in [-0.25, -0.2) is 0 Å². The zero-order valence-electron chi connectivity index (χ0n) is 24.8. The van der Waals surface area contributed by atoms with Crippen LogP contribution in [0.4, 0.5) is 17.1 Å². The van der Waals surface area contributed by atoms with Gasteiger partial charge in [-0.05, 0) is 103 Å². The lowest BCUT2D eigenvalue weighted by Crippen LogP contribution is -2.09. The van der Waals surface area contributed by atoms with Gasteiger partial charge < -0.3 is 4.90 Å². The molecular formula is C44H31N. The van der Waals surface area contributed by atoms with Gasteiger partial charge in [-0.2, -0.15) is 0 Å². The molecule has 8 aromatic rings. The molecule has 0 aliphatic heterocycles. The molecule has 1 nitrogen and oxygen atoms in total. The molecule has 0 saturated heterocycles. The first-order valence-electron chi connectivity index (χ1n) is 15.4. The molecule has 0 radical (unpaired) electrons. The van der Waals surface area contributed by atoms with Crippen LogP contribution in [-0.2, 0) is 0 Å². The Morgan fingerprint density at radius 3 is 1.40 bits per heavy atom. The molecule has 0 saturated carbocycles. The number of anilines is 3. The maximum atomic E-state index is 2.35. The first kappa shape index (κ1) is 26.7. The summed E-state index contributed by atoms with van der Waals surface area (Å²) in [5.41, 5.74) is 10.7. The summed E-state index contributed by atoms with van der Waals surface area (Å²) in [4.78, 5) is 2.32. The summed E-state index contributed by atoms with van der Waals surface area (Å²) in [5.74, 6) is 0. The Bertz CT molecular complexity index is 2230. The monoisotopic (exact) mass is 573 g/mol. The molecule has 1 heteroatoms. The Morgan fingerprint density at radius 1 is 0.267 bits per heavy atom. The van der Waals surface area contributed by atoms with Gasteiger partial charge in [0.2, 0.25) is 0 Å². The van der Waals surface area contributed by atoms with Crippen molar-refractivity contribution < 1.29 is 0 Å². The molecule has 0 aliphatic rings. The molecule has 45 heavy (non-hydrogen) atoms. The fourth-order valence-electron chi connectivity index (χ4n) is 6.41.